The Labute approximate surface area is 141 Å². The van der Waals surface area contributed by atoms with Gasteiger partial charge < -0.3 is 9.47 Å². The molecule has 0 spiro atoms. The zero-order valence-corrected chi connectivity index (χ0v) is 14.6. The molecule has 1 aromatic carbocycles. The zero-order valence-electron chi connectivity index (χ0n) is 14.6. The van der Waals surface area contributed by atoms with E-state index in [4.69, 9.17) is 9.47 Å². The van der Waals surface area contributed by atoms with E-state index in [1.54, 1.807) is 0 Å². The van der Waals surface area contributed by atoms with Gasteiger partial charge >= 0.3 is 0 Å². The van der Waals surface area contributed by atoms with E-state index in [1.807, 2.05) is 6.07 Å². The first-order valence-corrected chi connectivity index (χ1v) is 9.33. The molecule has 2 rings (SSSR count). The first-order valence-electron chi connectivity index (χ1n) is 9.33. The smallest absolute Gasteiger partial charge is 0.119 e. The molecule has 2 nitrogen and oxygen atoms in total. The van der Waals surface area contributed by atoms with E-state index >= 15 is 0 Å². The van der Waals surface area contributed by atoms with Crippen LogP contribution in [0.1, 0.15) is 63.9 Å². The first kappa shape index (κ1) is 18.1. The van der Waals surface area contributed by atoms with Crippen molar-refractivity contribution in [3.05, 3.63) is 42.0 Å². The minimum Gasteiger partial charge on any atom is -0.491 e. The van der Waals surface area contributed by atoms with Gasteiger partial charge in [-0.05, 0) is 50.3 Å². The summed E-state index contributed by atoms with van der Waals surface area (Å²) in [6, 6.07) is 8.54. The van der Waals surface area contributed by atoms with Crippen LogP contribution in [0.4, 0.5) is 0 Å². The molecule has 1 fully saturated rings. The maximum atomic E-state index is 5.74. The molecule has 0 saturated carbocycles. The normalized spacial score (nSPS) is 16.8. The third-order valence-corrected chi connectivity index (χ3v) is 4.31. The van der Waals surface area contributed by atoms with Crippen molar-refractivity contribution in [2.45, 2.75) is 70.8 Å². The second kappa shape index (κ2) is 11.3. The summed E-state index contributed by atoms with van der Waals surface area (Å²) in [7, 11) is 0. The monoisotopic (exact) mass is 316 g/mol. The minimum absolute atomic E-state index is 0.330. The summed E-state index contributed by atoms with van der Waals surface area (Å²) in [6.07, 6.45) is 16.7. The molecule has 0 amide bonds. The molecule has 128 valence electrons. The molecule has 0 aromatic heterocycles. The van der Waals surface area contributed by atoms with Gasteiger partial charge in [-0.15, -0.1) is 0 Å². The fourth-order valence-electron chi connectivity index (χ4n) is 2.79. The zero-order chi connectivity index (χ0) is 16.2. The van der Waals surface area contributed by atoms with E-state index in [0.717, 1.165) is 12.4 Å². The lowest BCUT2D eigenvalue weighted by Gasteiger charge is -2.07. The third kappa shape index (κ3) is 8.80. The number of hydrogen-bond donors (Lipinski definition) is 0. The summed E-state index contributed by atoms with van der Waals surface area (Å²) < 4.78 is 10.9. The number of ether oxygens (including phenoxy) is 2. The predicted molar refractivity (Wildman–Crippen MR) is 97.1 cm³/mol. The highest BCUT2D eigenvalue weighted by atomic mass is 16.6. The fraction of sp³-hybridized carbons (Fsp3) is 0.619. The summed E-state index contributed by atoms with van der Waals surface area (Å²) in [4.78, 5) is 0. The SMILES string of the molecule is C/C=C/CCCCCCCCCc1cccc(OCC2CO2)c1. The third-order valence-electron chi connectivity index (χ3n) is 4.31. The van der Waals surface area contributed by atoms with Crippen molar-refractivity contribution in [2.75, 3.05) is 13.2 Å². The van der Waals surface area contributed by atoms with E-state index in [2.05, 4.69) is 37.3 Å². The maximum Gasteiger partial charge on any atom is 0.119 e. The lowest BCUT2D eigenvalue weighted by molar-refractivity contribution is 0.263. The van der Waals surface area contributed by atoms with Gasteiger partial charge in [0.05, 0.1) is 6.61 Å². The molecule has 1 saturated heterocycles. The molecule has 1 aliphatic rings. The molecule has 0 radical (unpaired) electrons. The van der Waals surface area contributed by atoms with Crippen LogP contribution in [0.2, 0.25) is 0 Å². The Balaban J connectivity index is 1.48. The molecule has 1 heterocycles. The summed E-state index contributed by atoms with van der Waals surface area (Å²) in [5.41, 5.74) is 1.39. The van der Waals surface area contributed by atoms with Crippen molar-refractivity contribution in [2.24, 2.45) is 0 Å². The number of allylic oxidation sites excluding steroid dienone is 2. The average Bonchev–Trinajstić information content (AvgIpc) is 3.39. The van der Waals surface area contributed by atoms with E-state index < -0.39 is 0 Å². The van der Waals surface area contributed by atoms with Gasteiger partial charge in [0, 0.05) is 0 Å². The molecule has 0 N–H and O–H groups in total. The van der Waals surface area contributed by atoms with Crippen molar-refractivity contribution in [1.29, 1.82) is 0 Å². The Morgan fingerprint density at radius 2 is 1.83 bits per heavy atom. The van der Waals surface area contributed by atoms with Gasteiger partial charge in [0.15, 0.2) is 0 Å². The average molecular weight is 316 g/mol. The molecular weight excluding hydrogens is 284 g/mol. The highest BCUT2D eigenvalue weighted by molar-refractivity contribution is 5.28. The fourth-order valence-corrected chi connectivity index (χ4v) is 2.79. The van der Waals surface area contributed by atoms with Crippen LogP contribution in [0.3, 0.4) is 0 Å². The Morgan fingerprint density at radius 3 is 2.57 bits per heavy atom. The topological polar surface area (TPSA) is 21.8 Å². The molecule has 1 aliphatic heterocycles. The minimum atomic E-state index is 0.330. The Morgan fingerprint density at radius 1 is 1.09 bits per heavy atom. The van der Waals surface area contributed by atoms with Crippen LogP contribution in [-0.4, -0.2) is 19.3 Å². The number of aryl methyl sites for hydroxylation is 1. The van der Waals surface area contributed by atoms with E-state index in [0.29, 0.717) is 12.7 Å². The maximum absolute atomic E-state index is 5.74. The second-order valence-corrected chi connectivity index (χ2v) is 6.50. The molecule has 0 bridgehead atoms. The number of hydrogen-bond acceptors (Lipinski definition) is 2. The van der Waals surface area contributed by atoms with Crippen LogP contribution in [0.15, 0.2) is 36.4 Å². The summed E-state index contributed by atoms with van der Waals surface area (Å²) in [6.45, 7) is 3.65. The molecular formula is C21H32O2. The quantitative estimate of drug-likeness (QED) is 0.264. The molecule has 1 unspecified atom stereocenters. The van der Waals surface area contributed by atoms with Crippen LogP contribution in [0.5, 0.6) is 5.75 Å². The Hall–Kier alpha value is -1.28. The number of unbranched alkanes of at least 4 members (excludes halogenated alkanes) is 7. The highest BCUT2D eigenvalue weighted by Gasteiger charge is 2.22. The lowest BCUT2D eigenvalue weighted by Crippen LogP contribution is -2.04. The number of epoxide rings is 1. The molecule has 1 aromatic rings. The number of benzene rings is 1. The van der Waals surface area contributed by atoms with Gasteiger partial charge in [0.25, 0.3) is 0 Å². The van der Waals surface area contributed by atoms with E-state index in [-0.39, 0.29) is 0 Å². The van der Waals surface area contributed by atoms with Crippen molar-refractivity contribution in [3.63, 3.8) is 0 Å². The molecule has 1 atom stereocenters. The van der Waals surface area contributed by atoms with E-state index in [9.17, 15) is 0 Å². The summed E-state index contributed by atoms with van der Waals surface area (Å²) in [5, 5.41) is 0. The number of rotatable bonds is 13. The van der Waals surface area contributed by atoms with Gasteiger partial charge in [0.1, 0.15) is 18.5 Å². The van der Waals surface area contributed by atoms with Gasteiger partial charge in [-0.3, -0.25) is 0 Å². The van der Waals surface area contributed by atoms with Gasteiger partial charge in [-0.1, -0.05) is 56.4 Å². The molecule has 0 aliphatic carbocycles. The Kier molecular flexibility index (Phi) is 8.86. The van der Waals surface area contributed by atoms with Crippen molar-refractivity contribution in [3.8, 4) is 5.75 Å². The van der Waals surface area contributed by atoms with Crippen molar-refractivity contribution >= 4 is 0 Å². The summed E-state index contributed by atoms with van der Waals surface area (Å²) in [5.74, 6) is 0.985. The van der Waals surface area contributed by atoms with Gasteiger partial charge in [-0.25, -0.2) is 0 Å². The Bertz CT molecular complexity index is 449. The van der Waals surface area contributed by atoms with Crippen molar-refractivity contribution in [1.82, 2.24) is 0 Å². The molecule has 23 heavy (non-hydrogen) atoms. The van der Waals surface area contributed by atoms with Crippen LogP contribution in [0, 0.1) is 0 Å². The van der Waals surface area contributed by atoms with Crippen LogP contribution in [-0.2, 0) is 11.2 Å². The van der Waals surface area contributed by atoms with E-state index in [1.165, 1.54) is 63.4 Å². The molecule has 2 heteroatoms. The second-order valence-electron chi connectivity index (χ2n) is 6.50. The van der Waals surface area contributed by atoms with Crippen LogP contribution in [0.25, 0.3) is 0 Å². The standard InChI is InChI=1S/C21H32O2/c1-2-3-4-5-6-7-8-9-10-11-13-19-14-12-15-20(16-19)22-17-21-18-23-21/h2-3,12,14-16,21H,4-11,13,17-18H2,1H3/b3-2+. The summed E-state index contributed by atoms with van der Waals surface area (Å²) >= 11 is 0. The lowest BCUT2D eigenvalue weighted by atomic mass is 10.0. The van der Waals surface area contributed by atoms with Crippen molar-refractivity contribution < 1.29 is 9.47 Å². The van der Waals surface area contributed by atoms with Crippen LogP contribution >= 0.6 is 0 Å². The predicted octanol–water partition coefficient (Wildman–Crippen LogP) is 5.70. The van der Waals surface area contributed by atoms with Crippen LogP contribution < -0.4 is 4.74 Å². The van der Waals surface area contributed by atoms with Gasteiger partial charge in [-0.2, -0.15) is 0 Å². The first-order chi connectivity index (χ1) is 11.4. The van der Waals surface area contributed by atoms with Gasteiger partial charge in [0.2, 0.25) is 0 Å². The highest BCUT2D eigenvalue weighted by Crippen LogP contribution is 2.18. The largest absolute Gasteiger partial charge is 0.491 e.